The number of para-hydroxylation sites is 1. The van der Waals surface area contributed by atoms with Crippen LogP contribution in [0.15, 0.2) is 71.5 Å². The summed E-state index contributed by atoms with van der Waals surface area (Å²) in [7, 11) is 0. The molecule has 4 rings (SSSR count). The zero-order valence-electron chi connectivity index (χ0n) is 15.5. The lowest BCUT2D eigenvalue weighted by Crippen LogP contribution is -2.23. The fourth-order valence-electron chi connectivity index (χ4n) is 2.87. The van der Waals surface area contributed by atoms with Crippen LogP contribution in [0.4, 0.5) is 4.39 Å². The van der Waals surface area contributed by atoms with Gasteiger partial charge >= 0.3 is 0 Å². The summed E-state index contributed by atoms with van der Waals surface area (Å²) in [5.74, 6) is 0.273. The van der Waals surface area contributed by atoms with Crippen molar-refractivity contribution in [1.29, 1.82) is 0 Å². The Morgan fingerprint density at radius 3 is 2.72 bits per heavy atom. The Bertz CT molecular complexity index is 1090. The number of benzene rings is 2. The molecule has 0 saturated heterocycles. The smallest absolute Gasteiger partial charge is 0.227 e. The van der Waals surface area contributed by atoms with E-state index in [2.05, 4.69) is 20.6 Å². The number of halogens is 1. The highest BCUT2D eigenvalue weighted by Gasteiger charge is 2.12. The molecule has 0 fully saturated rings. The number of hydrogen-bond acceptors (Lipinski definition) is 5. The molecule has 0 aliphatic heterocycles. The van der Waals surface area contributed by atoms with Crippen LogP contribution < -0.4 is 5.32 Å². The number of nitrogens with zero attached hydrogens (tertiary/aromatic N) is 4. The summed E-state index contributed by atoms with van der Waals surface area (Å²) in [4.78, 5) is 16.5. The molecule has 29 heavy (non-hydrogen) atoms. The lowest BCUT2D eigenvalue weighted by atomic mass is 10.1. The van der Waals surface area contributed by atoms with E-state index >= 15 is 0 Å². The minimum atomic E-state index is -0.330. The van der Waals surface area contributed by atoms with Crippen molar-refractivity contribution in [1.82, 2.24) is 25.2 Å². The Kier molecular flexibility index (Phi) is 5.42. The van der Waals surface area contributed by atoms with Gasteiger partial charge in [0.1, 0.15) is 5.82 Å². The third kappa shape index (κ3) is 4.55. The van der Waals surface area contributed by atoms with Crippen LogP contribution in [0.3, 0.4) is 0 Å². The highest BCUT2D eigenvalue weighted by Crippen LogP contribution is 2.17. The monoisotopic (exact) mass is 391 g/mol. The van der Waals surface area contributed by atoms with Crippen molar-refractivity contribution in [2.75, 3.05) is 0 Å². The molecule has 2 aromatic heterocycles. The third-order valence-electron chi connectivity index (χ3n) is 4.36. The second kappa shape index (κ2) is 8.47. The van der Waals surface area contributed by atoms with Crippen LogP contribution in [0.2, 0.25) is 0 Å². The molecule has 0 atom stereocenters. The van der Waals surface area contributed by atoms with Crippen LogP contribution >= 0.6 is 0 Å². The van der Waals surface area contributed by atoms with Crippen LogP contribution in [0.5, 0.6) is 0 Å². The van der Waals surface area contributed by atoms with E-state index in [9.17, 15) is 9.18 Å². The lowest BCUT2D eigenvalue weighted by Gasteiger charge is -2.10. The number of carbonyl (C=O) groups excluding carboxylic acids is 1. The predicted octanol–water partition coefficient (Wildman–Crippen LogP) is 3.31. The molecule has 0 radical (unpaired) electrons. The molecule has 2 heterocycles. The zero-order valence-corrected chi connectivity index (χ0v) is 15.5. The van der Waals surface area contributed by atoms with E-state index in [0.717, 1.165) is 11.3 Å². The van der Waals surface area contributed by atoms with Gasteiger partial charge in [-0.2, -0.15) is 10.1 Å². The van der Waals surface area contributed by atoms with Crippen molar-refractivity contribution < 1.29 is 13.7 Å². The second-order valence-electron chi connectivity index (χ2n) is 6.37. The van der Waals surface area contributed by atoms with E-state index in [1.165, 1.54) is 12.1 Å². The number of nitrogens with one attached hydrogen (secondary N) is 1. The highest BCUT2D eigenvalue weighted by atomic mass is 19.1. The summed E-state index contributed by atoms with van der Waals surface area (Å²) in [6, 6.07) is 15.4. The minimum Gasteiger partial charge on any atom is -0.352 e. The van der Waals surface area contributed by atoms with Crippen molar-refractivity contribution in [2.24, 2.45) is 0 Å². The highest BCUT2D eigenvalue weighted by molar-refractivity contribution is 5.76. The van der Waals surface area contributed by atoms with Crippen molar-refractivity contribution in [3.8, 4) is 17.1 Å². The van der Waals surface area contributed by atoms with Crippen LogP contribution in [-0.2, 0) is 17.8 Å². The van der Waals surface area contributed by atoms with Crippen molar-refractivity contribution in [3.63, 3.8) is 0 Å². The Balaban J connectivity index is 1.32. The van der Waals surface area contributed by atoms with Gasteiger partial charge in [-0.15, -0.1) is 0 Å². The number of rotatable bonds is 7. The van der Waals surface area contributed by atoms with Gasteiger partial charge < -0.3 is 9.84 Å². The maximum atomic E-state index is 13.0. The normalized spacial score (nSPS) is 10.8. The molecule has 0 aliphatic rings. The van der Waals surface area contributed by atoms with E-state index in [0.29, 0.717) is 30.2 Å². The Hall–Kier alpha value is -3.81. The van der Waals surface area contributed by atoms with E-state index in [1.807, 2.05) is 36.5 Å². The number of amides is 1. The van der Waals surface area contributed by atoms with Crippen LogP contribution in [0.25, 0.3) is 17.1 Å². The first kappa shape index (κ1) is 18.5. The summed E-state index contributed by atoms with van der Waals surface area (Å²) in [5.41, 5.74) is 2.53. The third-order valence-corrected chi connectivity index (χ3v) is 4.36. The van der Waals surface area contributed by atoms with Gasteiger partial charge in [0.2, 0.25) is 17.6 Å². The summed E-state index contributed by atoms with van der Waals surface area (Å²) in [6.07, 6.45) is 4.10. The fourth-order valence-corrected chi connectivity index (χ4v) is 2.87. The Morgan fingerprint density at radius 2 is 1.93 bits per heavy atom. The number of aryl methyl sites for hydroxylation is 1. The molecule has 2 aromatic carbocycles. The maximum Gasteiger partial charge on any atom is 0.227 e. The van der Waals surface area contributed by atoms with Gasteiger partial charge in [0.15, 0.2) is 0 Å². The van der Waals surface area contributed by atoms with Crippen molar-refractivity contribution >= 4 is 5.91 Å². The first-order valence-corrected chi connectivity index (χ1v) is 9.12. The van der Waals surface area contributed by atoms with Crippen LogP contribution in [-0.4, -0.2) is 25.8 Å². The maximum absolute atomic E-state index is 13.0. The van der Waals surface area contributed by atoms with Gasteiger partial charge in [-0.05, 0) is 42.0 Å². The molecule has 0 unspecified atom stereocenters. The van der Waals surface area contributed by atoms with Gasteiger partial charge in [-0.3, -0.25) is 4.79 Å². The fraction of sp³-hybridized carbons (Fsp3) is 0.143. The van der Waals surface area contributed by atoms with Gasteiger partial charge in [-0.25, -0.2) is 9.07 Å². The quantitative estimate of drug-likeness (QED) is 0.522. The second-order valence-corrected chi connectivity index (χ2v) is 6.37. The topological polar surface area (TPSA) is 85.8 Å². The SMILES string of the molecule is O=C(CCc1nc(-c2ccc(F)cc2)no1)NCc1ccccc1-n1cccn1. The molecule has 1 N–H and O–H groups in total. The first-order valence-electron chi connectivity index (χ1n) is 9.12. The summed E-state index contributed by atoms with van der Waals surface area (Å²) >= 11 is 0. The van der Waals surface area contributed by atoms with Crippen molar-refractivity contribution in [2.45, 2.75) is 19.4 Å². The average molecular weight is 391 g/mol. The van der Waals surface area contributed by atoms with Crippen molar-refractivity contribution in [3.05, 3.63) is 84.3 Å². The molecule has 146 valence electrons. The standard InChI is InChI=1S/C21H18FN5O2/c22-17-8-6-15(7-9-17)21-25-20(29-26-21)11-10-19(28)23-14-16-4-1-2-5-18(16)27-13-3-12-24-27/h1-9,12-13H,10-11,14H2,(H,23,28). The molecule has 4 aromatic rings. The number of hydrogen-bond donors (Lipinski definition) is 1. The molecular weight excluding hydrogens is 373 g/mol. The average Bonchev–Trinajstić information content (AvgIpc) is 3.44. The number of aromatic nitrogens is 4. The Morgan fingerprint density at radius 1 is 1.10 bits per heavy atom. The van der Waals surface area contributed by atoms with Gasteiger partial charge in [0, 0.05) is 37.3 Å². The van der Waals surface area contributed by atoms with Crippen LogP contribution in [0, 0.1) is 5.82 Å². The number of carbonyl (C=O) groups is 1. The van der Waals surface area contributed by atoms with E-state index in [4.69, 9.17) is 4.52 Å². The first-order chi connectivity index (χ1) is 14.2. The molecule has 0 aliphatic carbocycles. The lowest BCUT2D eigenvalue weighted by molar-refractivity contribution is -0.121. The predicted molar refractivity (Wildman–Crippen MR) is 103 cm³/mol. The molecule has 1 amide bonds. The molecular formula is C21H18FN5O2. The molecule has 8 heteroatoms. The van der Waals surface area contributed by atoms with E-state index < -0.39 is 0 Å². The molecule has 7 nitrogen and oxygen atoms in total. The van der Waals surface area contributed by atoms with Gasteiger partial charge in [-0.1, -0.05) is 23.4 Å². The summed E-state index contributed by atoms with van der Waals surface area (Å²) < 4.78 is 19.9. The molecule has 0 bridgehead atoms. The molecule has 0 saturated carbocycles. The van der Waals surface area contributed by atoms with Gasteiger partial charge in [0.25, 0.3) is 0 Å². The Labute approximate surface area is 166 Å². The summed E-state index contributed by atoms with van der Waals surface area (Å²) in [6.45, 7) is 0.388. The van der Waals surface area contributed by atoms with Gasteiger partial charge in [0.05, 0.1) is 5.69 Å². The summed E-state index contributed by atoms with van der Waals surface area (Å²) in [5, 5.41) is 11.0. The largest absolute Gasteiger partial charge is 0.352 e. The molecule has 0 spiro atoms. The zero-order chi connectivity index (χ0) is 20.1. The van der Waals surface area contributed by atoms with Crippen LogP contribution in [0.1, 0.15) is 17.9 Å². The van der Waals surface area contributed by atoms with E-state index in [-0.39, 0.29) is 18.1 Å². The minimum absolute atomic E-state index is 0.123. The van der Waals surface area contributed by atoms with E-state index in [1.54, 1.807) is 23.0 Å².